The van der Waals surface area contributed by atoms with Gasteiger partial charge in [-0.05, 0) is 13.0 Å². The maximum atomic E-state index is 9.46. The van der Waals surface area contributed by atoms with Gasteiger partial charge >= 0.3 is 0 Å². The molecule has 4 heteroatoms. The topological polar surface area (TPSA) is 55.5 Å². The van der Waals surface area contributed by atoms with E-state index in [1.54, 1.807) is 13.0 Å². The van der Waals surface area contributed by atoms with Crippen LogP contribution in [0.5, 0.6) is 11.5 Å². The SMILES string of the molecule is COc1cc(C(C)N)c(O)cc1Cl. The second kappa shape index (κ2) is 3.85. The lowest BCUT2D eigenvalue weighted by Crippen LogP contribution is -2.05. The maximum absolute atomic E-state index is 9.46. The second-order valence-electron chi connectivity index (χ2n) is 2.83. The van der Waals surface area contributed by atoms with Crippen molar-refractivity contribution >= 4 is 11.6 Å². The lowest BCUT2D eigenvalue weighted by molar-refractivity contribution is 0.410. The average molecular weight is 202 g/mol. The number of hydrogen-bond donors (Lipinski definition) is 2. The first kappa shape index (κ1) is 10.2. The summed E-state index contributed by atoms with van der Waals surface area (Å²) >= 11 is 5.78. The van der Waals surface area contributed by atoms with Gasteiger partial charge in [-0.2, -0.15) is 0 Å². The fourth-order valence-electron chi connectivity index (χ4n) is 1.08. The molecular formula is C9H12ClNO2. The smallest absolute Gasteiger partial charge is 0.138 e. The molecule has 0 aliphatic heterocycles. The molecule has 13 heavy (non-hydrogen) atoms. The number of aromatic hydroxyl groups is 1. The molecular weight excluding hydrogens is 190 g/mol. The Hall–Kier alpha value is -0.930. The van der Waals surface area contributed by atoms with Crippen LogP contribution in [0.4, 0.5) is 0 Å². The lowest BCUT2D eigenvalue weighted by atomic mass is 10.1. The molecule has 0 saturated carbocycles. The molecule has 3 N–H and O–H groups in total. The van der Waals surface area contributed by atoms with E-state index >= 15 is 0 Å². The molecule has 0 saturated heterocycles. The van der Waals surface area contributed by atoms with E-state index in [1.165, 1.54) is 13.2 Å². The molecule has 1 atom stereocenters. The van der Waals surface area contributed by atoms with Crippen LogP contribution in [0.2, 0.25) is 5.02 Å². The van der Waals surface area contributed by atoms with Gasteiger partial charge in [-0.25, -0.2) is 0 Å². The average Bonchev–Trinajstić information content (AvgIpc) is 2.03. The van der Waals surface area contributed by atoms with Crippen LogP contribution in [0.1, 0.15) is 18.5 Å². The zero-order valence-electron chi connectivity index (χ0n) is 7.54. The van der Waals surface area contributed by atoms with Crippen molar-refractivity contribution < 1.29 is 9.84 Å². The number of nitrogens with two attached hydrogens (primary N) is 1. The molecule has 3 nitrogen and oxygen atoms in total. The Balaban J connectivity index is 3.22. The van der Waals surface area contributed by atoms with Crippen LogP contribution >= 0.6 is 11.6 Å². The van der Waals surface area contributed by atoms with Gasteiger partial charge in [-0.1, -0.05) is 11.6 Å². The first-order valence-electron chi connectivity index (χ1n) is 3.88. The molecule has 0 aliphatic carbocycles. The second-order valence-corrected chi connectivity index (χ2v) is 3.24. The highest BCUT2D eigenvalue weighted by molar-refractivity contribution is 6.32. The van der Waals surface area contributed by atoms with Crippen molar-refractivity contribution in [2.75, 3.05) is 7.11 Å². The quantitative estimate of drug-likeness (QED) is 0.770. The molecule has 1 unspecified atom stereocenters. The van der Waals surface area contributed by atoms with Crippen LogP contribution in [-0.2, 0) is 0 Å². The molecule has 0 bridgehead atoms. The number of benzene rings is 1. The number of methoxy groups -OCH3 is 1. The summed E-state index contributed by atoms with van der Waals surface area (Å²) in [5.41, 5.74) is 6.26. The zero-order valence-corrected chi connectivity index (χ0v) is 8.30. The monoisotopic (exact) mass is 201 g/mol. The molecule has 1 rings (SSSR count). The van der Waals surface area contributed by atoms with Crippen LogP contribution in [0.25, 0.3) is 0 Å². The number of phenolic OH excluding ortho intramolecular Hbond substituents is 1. The van der Waals surface area contributed by atoms with Gasteiger partial charge in [0.05, 0.1) is 12.1 Å². The normalized spacial score (nSPS) is 12.6. The fraction of sp³-hybridized carbons (Fsp3) is 0.333. The number of ether oxygens (including phenoxy) is 1. The molecule has 0 amide bonds. The van der Waals surface area contributed by atoms with Crippen molar-refractivity contribution in [2.24, 2.45) is 5.73 Å². The number of halogens is 1. The van der Waals surface area contributed by atoms with E-state index in [-0.39, 0.29) is 11.8 Å². The Morgan fingerprint density at radius 2 is 2.15 bits per heavy atom. The molecule has 0 aromatic heterocycles. The highest BCUT2D eigenvalue weighted by Crippen LogP contribution is 2.33. The van der Waals surface area contributed by atoms with Crippen LogP contribution in [0, 0.1) is 0 Å². The van der Waals surface area contributed by atoms with E-state index in [9.17, 15) is 5.11 Å². The molecule has 0 heterocycles. The third-order valence-corrected chi connectivity index (χ3v) is 2.09. The van der Waals surface area contributed by atoms with E-state index in [2.05, 4.69) is 0 Å². The maximum Gasteiger partial charge on any atom is 0.138 e. The summed E-state index contributed by atoms with van der Waals surface area (Å²) in [7, 11) is 1.52. The standard InChI is InChI=1S/C9H12ClNO2/c1-5(11)6-3-9(13-2)7(10)4-8(6)12/h3-5,12H,11H2,1-2H3. The predicted octanol–water partition coefficient (Wildman–Crippen LogP) is 2.07. The van der Waals surface area contributed by atoms with Crippen molar-refractivity contribution in [2.45, 2.75) is 13.0 Å². The Morgan fingerprint density at radius 3 is 2.62 bits per heavy atom. The van der Waals surface area contributed by atoms with E-state index in [0.29, 0.717) is 16.3 Å². The van der Waals surface area contributed by atoms with Crippen LogP contribution in [-0.4, -0.2) is 12.2 Å². The Kier molecular flexibility index (Phi) is 3.01. The van der Waals surface area contributed by atoms with Crippen molar-refractivity contribution in [3.8, 4) is 11.5 Å². The molecule has 1 aromatic rings. The van der Waals surface area contributed by atoms with Gasteiger partial charge in [0.1, 0.15) is 11.5 Å². The van der Waals surface area contributed by atoms with Crippen LogP contribution < -0.4 is 10.5 Å². The summed E-state index contributed by atoms with van der Waals surface area (Å²) in [6, 6.07) is 2.83. The van der Waals surface area contributed by atoms with Gasteiger partial charge in [0.2, 0.25) is 0 Å². The zero-order chi connectivity index (χ0) is 10.0. The Morgan fingerprint density at radius 1 is 1.54 bits per heavy atom. The molecule has 0 fully saturated rings. The summed E-state index contributed by atoms with van der Waals surface area (Å²) in [6.07, 6.45) is 0. The van der Waals surface area contributed by atoms with Gasteiger partial charge in [-0.15, -0.1) is 0 Å². The van der Waals surface area contributed by atoms with Crippen LogP contribution in [0.15, 0.2) is 12.1 Å². The first-order valence-corrected chi connectivity index (χ1v) is 4.26. The van der Waals surface area contributed by atoms with Gasteiger partial charge in [0.25, 0.3) is 0 Å². The largest absolute Gasteiger partial charge is 0.508 e. The Labute approximate surface area is 82.1 Å². The number of hydrogen-bond acceptors (Lipinski definition) is 3. The fourth-order valence-corrected chi connectivity index (χ4v) is 1.31. The van der Waals surface area contributed by atoms with Crippen LogP contribution in [0.3, 0.4) is 0 Å². The van der Waals surface area contributed by atoms with E-state index in [4.69, 9.17) is 22.1 Å². The summed E-state index contributed by atoms with van der Waals surface area (Å²) in [4.78, 5) is 0. The summed E-state index contributed by atoms with van der Waals surface area (Å²) in [5, 5.41) is 9.84. The first-order chi connectivity index (χ1) is 6.06. The molecule has 0 spiro atoms. The lowest BCUT2D eigenvalue weighted by Gasteiger charge is -2.11. The summed E-state index contributed by atoms with van der Waals surface area (Å²) in [6.45, 7) is 1.78. The minimum Gasteiger partial charge on any atom is -0.508 e. The van der Waals surface area contributed by atoms with E-state index < -0.39 is 0 Å². The molecule has 72 valence electrons. The minimum atomic E-state index is -0.244. The van der Waals surface area contributed by atoms with E-state index in [0.717, 1.165) is 0 Å². The van der Waals surface area contributed by atoms with Crippen molar-refractivity contribution in [3.05, 3.63) is 22.7 Å². The van der Waals surface area contributed by atoms with Crippen molar-refractivity contribution in [1.82, 2.24) is 0 Å². The molecule has 0 radical (unpaired) electrons. The highest BCUT2D eigenvalue weighted by atomic mass is 35.5. The predicted molar refractivity (Wildman–Crippen MR) is 52.3 cm³/mol. The van der Waals surface area contributed by atoms with Crippen molar-refractivity contribution in [3.63, 3.8) is 0 Å². The third kappa shape index (κ3) is 2.05. The number of rotatable bonds is 2. The van der Waals surface area contributed by atoms with Gasteiger partial charge in [0, 0.05) is 17.7 Å². The Bertz CT molecular complexity index is 313. The highest BCUT2D eigenvalue weighted by Gasteiger charge is 2.10. The van der Waals surface area contributed by atoms with Gasteiger partial charge in [-0.3, -0.25) is 0 Å². The third-order valence-electron chi connectivity index (χ3n) is 1.79. The minimum absolute atomic E-state index is 0.0980. The van der Waals surface area contributed by atoms with Crippen molar-refractivity contribution in [1.29, 1.82) is 0 Å². The summed E-state index contributed by atoms with van der Waals surface area (Å²) < 4.78 is 4.99. The summed E-state index contributed by atoms with van der Waals surface area (Å²) in [5.74, 6) is 0.618. The molecule has 0 aliphatic rings. The van der Waals surface area contributed by atoms with Gasteiger partial charge in [0.15, 0.2) is 0 Å². The number of phenols is 1. The van der Waals surface area contributed by atoms with E-state index in [1.807, 2.05) is 0 Å². The molecule has 1 aromatic carbocycles. The van der Waals surface area contributed by atoms with Gasteiger partial charge < -0.3 is 15.6 Å².